The molecule has 1 unspecified atom stereocenters. The Morgan fingerprint density at radius 3 is 2.46 bits per heavy atom. The highest BCUT2D eigenvalue weighted by Gasteiger charge is 2.42. The van der Waals surface area contributed by atoms with Crippen molar-refractivity contribution in [2.45, 2.75) is 51.5 Å². The Kier molecular flexibility index (Phi) is 4.20. The summed E-state index contributed by atoms with van der Waals surface area (Å²) in [6, 6.07) is 0. The zero-order valence-corrected chi connectivity index (χ0v) is 8.97. The average molecular weight is 185 g/mol. The van der Waals surface area contributed by atoms with Crippen molar-refractivity contribution in [2.24, 2.45) is 5.92 Å². The van der Waals surface area contributed by atoms with E-state index >= 15 is 0 Å². The van der Waals surface area contributed by atoms with Crippen LogP contribution in [0.3, 0.4) is 0 Å². The molecular weight excluding hydrogens is 162 g/mol. The van der Waals surface area contributed by atoms with Gasteiger partial charge in [0, 0.05) is 12.1 Å². The minimum atomic E-state index is 0.255. The maximum Gasteiger partial charge on any atom is 0.0448 e. The van der Waals surface area contributed by atoms with E-state index in [1.54, 1.807) is 0 Å². The molecule has 0 radical (unpaired) electrons. The molecule has 0 heterocycles. The summed E-state index contributed by atoms with van der Waals surface area (Å²) in [6.07, 6.45) is 5.96. The fraction of sp³-hybridized carbons (Fsp3) is 1.00. The summed E-state index contributed by atoms with van der Waals surface area (Å²) in [5.74, 6) is 0.830. The van der Waals surface area contributed by atoms with Crippen molar-refractivity contribution in [3.63, 3.8) is 0 Å². The van der Waals surface area contributed by atoms with E-state index in [9.17, 15) is 0 Å². The molecule has 1 fully saturated rings. The van der Waals surface area contributed by atoms with Gasteiger partial charge in [0.15, 0.2) is 0 Å². The van der Waals surface area contributed by atoms with E-state index < -0.39 is 0 Å². The summed E-state index contributed by atoms with van der Waals surface area (Å²) >= 11 is 0. The summed E-state index contributed by atoms with van der Waals surface area (Å²) in [5, 5.41) is 12.7. The first-order valence-corrected chi connectivity index (χ1v) is 5.65. The molecule has 1 aliphatic rings. The quantitative estimate of drug-likeness (QED) is 0.635. The molecule has 0 amide bonds. The molecule has 1 saturated carbocycles. The Morgan fingerprint density at radius 1 is 1.38 bits per heavy atom. The largest absolute Gasteiger partial charge is 0.396 e. The lowest BCUT2D eigenvalue weighted by atomic mass is 9.86. The second-order valence-corrected chi connectivity index (χ2v) is 4.18. The van der Waals surface area contributed by atoms with Crippen molar-refractivity contribution in [1.82, 2.24) is 5.32 Å². The van der Waals surface area contributed by atoms with Crippen LogP contribution in [0.2, 0.25) is 0 Å². The molecule has 0 aromatic carbocycles. The first-order valence-electron chi connectivity index (χ1n) is 5.65. The van der Waals surface area contributed by atoms with Gasteiger partial charge in [-0.3, -0.25) is 0 Å². The summed E-state index contributed by atoms with van der Waals surface area (Å²) in [5.41, 5.74) is 0.255. The predicted molar refractivity (Wildman–Crippen MR) is 55.7 cm³/mol. The third-order valence-corrected chi connectivity index (χ3v) is 3.27. The highest BCUT2D eigenvalue weighted by Crippen LogP contribution is 2.43. The van der Waals surface area contributed by atoms with E-state index in [-0.39, 0.29) is 5.54 Å². The second kappa shape index (κ2) is 4.97. The lowest BCUT2D eigenvalue weighted by molar-refractivity contribution is 0.183. The minimum absolute atomic E-state index is 0.255. The smallest absolute Gasteiger partial charge is 0.0448 e. The number of hydrogen-bond donors (Lipinski definition) is 2. The summed E-state index contributed by atoms with van der Waals surface area (Å²) in [4.78, 5) is 0. The van der Waals surface area contributed by atoms with Crippen LogP contribution in [-0.2, 0) is 0 Å². The topological polar surface area (TPSA) is 32.3 Å². The molecule has 0 aliphatic heterocycles. The average Bonchev–Trinajstić information content (AvgIpc) is 2.96. The van der Waals surface area contributed by atoms with Crippen molar-refractivity contribution in [1.29, 1.82) is 0 Å². The van der Waals surface area contributed by atoms with Gasteiger partial charge >= 0.3 is 0 Å². The summed E-state index contributed by atoms with van der Waals surface area (Å²) < 4.78 is 0. The number of aliphatic hydroxyl groups is 1. The van der Waals surface area contributed by atoms with Crippen LogP contribution in [0, 0.1) is 5.92 Å². The molecule has 0 aromatic rings. The Labute approximate surface area is 81.7 Å². The third kappa shape index (κ3) is 2.68. The zero-order chi connectivity index (χ0) is 9.73. The predicted octanol–water partition coefficient (Wildman–Crippen LogP) is 1.93. The van der Waals surface area contributed by atoms with Crippen LogP contribution in [0.25, 0.3) is 0 Å². The van der Waals surface area contributed by atoms with Gasteiger partial charge in [0.05, 0.1) is 0 Å². The maximum absolute atomic E-state index is 9.07. The maximum atomic E-state index is 9.07. The second-order valence-electron chi connectivity index (χ2n) is 4.18. The molecule has 0 aromatic heterocycles. The van der Waals surface area contributed by atoms with Crippen LogP contribution >= 0.6 is 0 Å². The molecule has 1 aliphatic carbocycles. The highest BCUT2D eigenvalue weighted by atomic mass is 16.3. The van der Waals surface area contributed by atoms with Crippen molar-refractivity contribution in [3.05, 3.63) is 0 Å². The van der Waals surface area contributed by atoms with Gasteiger partial charge in [0.25, 0.3) is 0 Å². The lowest BCUT2D eigenvalue weighted by Crippen LogP contribution is -2.47. The number of rotatable bonds is 7. The van der Waals surface area contributed by atoms with Crippen LogP contribution in [0.5, 0.6) is 0 Å². The van der Waals surface area contributed by atoms with Crippen molar-refractivity contribution in [2.75, 3.05) is 13.2 Å². The van der Waals surface area contributed by atoms with Gasteiger partial charge in [-0.15, -0.1) is 0 Å². The van der Waals surface area contributed by atoms with E-state index in [4.69, 9.17) is 5.11 Å². The molecule has 0 saturated heterocycles. The minimum Gasteiger partial charge on any atom is -0.396 e. The van der Waals surface area contributed by atoms with E-state index in [0.29, 0.717) is 6.61 Å². The number of aliphatic hydroxyl groups excluding tert-OH is 1. The Bertz CT molecular complexity index is 145. The molecule has 1 rings (SSSR count). The monoisotopic (exact) mass is 185 g/mol. The molecule has 2 nitrogen and oxygen atoms in total. The SMILES string of the molecule is CCCNC(CC)(CCO)C1CC1. The van der Waals surface area contributed by atoms with Crippen molar-refractivity contribution >= 4 is 0 Å². The third-order valence-electron chi connectivity index (χ3n) is 3.27. The fourth-order valence-corrected chi connectivity index (χ4v) is 2.24. The van der Waals surface area contributed by atoms with Crippen LogP contribution in [-0.4, -0.2) is 23.8 Å². The fourth-order valence-electron chi connectivity index (χ4n) is 2.24. The van der Waals surface area contributed by atoms with Crippen molar-refractivity contribution < 1.29 is 5.11 Å². The van der Waals surface area contributed by atoms with Crippen LogP contribution in [0.1, 0.15) is 46.0 Å². The Hall–Kier alpha value is -0.0800. The normalized spacial score (nSPS) is 21.5. The first kappa shape index (κ1) is 11.0. The van der Waals surface area contributed by atoms with Gasteiger partial charge in [-0.2, -0.15) is 0 Å². The van der Waals surface area contributed by atoms with Crippen LogP contribution < -0.4 is 5.32 Å². The molecule has 0 bridgehead atoms. The molecule has 13 heavy (non-hydrogen) atoms. The summed E-state index contributed by atoms with van der Waals surface area (Å²) in [6.45, 7) is 5.83. The van der Waals surface area contributed by atoms with Crippen molar-refractivity contribution in [3.8, 4) is 0 Å². The van der Waals surface area contributed by atoms with Gasteiger partial charge in [-0.05, 0) is 44.6 Å². The molecule has 1 atom stereocenters. The van der Waals surface area contributed by atoms with E-state index in [0.717, 1.165) is 25.3 Å². The Morgan fingerprint density at radius 2 is 2.08 bits per heavy atom. The number of nitrogens with one attached hydrogen (secondary N) is 1. The van der Waals surface area contributed by atoms with Gasteiger partial charge in [0.1, 0.15) is 0 Å². The molecular formula is C11H23NO. The molecule has 2 N–H and O–H groups in total. The molecule has 2 heteroatoms. The first-order chi connectivity index (χ1) is 6.29. The van der Waals surface area contributed by atoms with E-state index in [1.807, 2.05) is 0 Å². The number of hydrogen-bond acceptors (Lipinski definition) is 2. The van der Waals surface area contributed by atoms with Crippen LogP contribution in [0.4, 0.5) is 0 Å². The van der Waals surface area contributed by atoms with Crippen LogP contribution in [0.15, 0.2) is 0 Å². The lowest BCUT2D eigenvalue weighted by Gasteiger charge is -2.34. The van der Waals surface area contributed by atoms with Gasteiger partial charge in [0.2, 0.25) is 0 Å². The standard InChI is InChI=1S/C11H23NO/c1-3-8-12-11(4-2,7-9-13)10-5-6-10/h10,12-13H,3-9H2,1-2H3. The van der Waals surface area contributed by atoms with E-state index in [1.165, 1.54) is 19.3 Å². The highest BCUT2D eigenvalue weighted by molar-refractivity contribution is 4.99. The zero-order valence-electron chi connectivity index (χ0n) is 8.97. The summed E-state index contributed by atoms with van der Waals surface area (Å²) in [7, 11) is 0. The van der Waals surface area contributed by atoms with E-state index in [2.05, 4.69) is 19.2 Å². The Balaban J connectivity index is 2.47. The van der Waals surface area contributed by atoms with Gasteiger partial charge < -0.3 is 10.4 Å². The van der Waals surface area contributed by atoms with Gasteiger partial charge in [-0.1, -0.05) is 13.8 Å². The molecule has 0 spiro atoms. The van der Waals surface area contributed by atoms with Gasteiger partial charge in [-0.25, -0.2) is 0 Å². The molecule has 78 valence electrons.